The van der Waals surface area contributed by atoms with Gasteiger partial charge in [0.15, 0.2) is 0 Å². The predicted molar refractivity (Wildman–Crippen MR) is 73.7 cm³/mol. The molecule has 0 bridgehead atoms. The van der Waals surface area contributed by atoms with Crippen molar-refractivity contribution in [2.45, 2.75) is 44.8 Å². The SMILES string of the molecule is COC1CCCC(Oc2cc(C(=N)N)cc(C)n2)C1. The summed E-state index contributed by atoms with van der Waals surface area (Å²) >= 11 is 0. The van der Waals surface area contributed by atoms with Crippen molar-refractivity contribution < 1.29 is 9.47 Å². The fourth-order valence-corrected chi connectivity index (χ4v) is 2.45. The molecule has 0 amide bonds. The molecule has 0 aromatic carbocycles. The second kappa shape index (κ2) is 6.02. The molecule has 0 radical (unpaired) electrons. The van der Waals surface area contributed by atoms with Crippen molar-refractivity contribution in [2.24, 2.45) is 5.73 Å². The highest BCUT2D eigenvalue weighted by Crippen LogP contribution is 2.25. The lowest BCUT2D eigenvalue weighted by Gasteiger charge is -2.28. The standard InChI is InChI=1S/C14H21N3O2/c1-9-6-10(14(15)16)7-13(17-9)19-12-5-3-4-11(8-12)18-2/h6-7,11-12H,3-5,8H2,1-2H3,(H3,15,16). The summed E-state index contributed by atoms with van der Waals surface area (Å²) in [5, 5.41) is 7.48. The minimum absolute atomic E-state index is 0.0359. The predicted octanol–water partition coefficient (Wildman–Crippen LogP) is 2.01. The van der Waals surface area contributed by atoms with E-state index in [1.807, 2.05) is 6.92 Å². The molecule has 1 heterocycles. The number of hydrogen-bond acceptors (Lipinski definition) is 4. The number of hydrogen-bond donors (Lipinski definition) is 2. The number of ether oxygens (including phenoxy) is 2. The first-order valence-corrected chi connectivity index (χ1v) is 6.61. The van der Waals surface area contributed by atoms with E-state index in [0.717, 1.165) is 31.4 Å². The normalized spacial score (nSPS) is 23.1. The Morgan fingerprint density at radius 2 is 2.11 bits per heavy atom. The summed E-state index contributed by atoms with van der Waals surface area (Å²) in [6.07, 6.45) is 4.51. The van der Waals surface area contributed by atoms with Crippen LogP contribution in [0.1, 0.15) is 36.9 Å². The van der Waals surface area contributed by atoms with Gasteiger partial charge in [0.2, 0.25) is 5.88 Å². The number of pyridine rings is 1. The zero-order valence-corrected chi connectivity index (χ0v) is 11.5. The molecule has 1 fully saturated rings. The maximum Gasteiger partial charge on any atom is 0.214 e. The molecule has 1 aromatic heterocycles. The van der Waals surface area contributed by atoms with Gasteiger partial charge in [-0.15, -0.1) is 0 Å². The van der Waals surface area contributed by atoms with Gasteiger partial charge in [0.1, 0.15) is 11.9 Å². The fraction of sp³-hybridized carbons (Fsp3) is 0.571. The van der Waals surface area contributed by atoms with Gasteiger partial charge in [0.25, 0.3) is 0 Å². The van der Waals surface area contributed by atoms with Crippen molar-refractivity contribution in [2.75, 3.05) is 7.11 Å². The van der Waals surface area contributed by atoms with Crippen molar-refractivity contribution >= 4 is 5.84 Å². The molecular weight excluding hydrogens is 242 g/mol. The molecule has 104 valence electrons. The Bertz CT molecular complexity index is 462. The molecule has 2 rings (SSSR count). The van der Waals surface area contributed by atoms with Crippen molar-refractivity contribution in [3.8, 4) is 5.88 Å². The number of nitrogen functional groups attached to an aromatic ring is 1. The highest BCUT2D eigenvalue weighted by Gasteiger charge is 2.23. The molecule has 1 aliphatic carbocycles. The third-order valence-corrected chi connectivity index (χ3v) is 3.44. The maximum absolute atomic E-state index is 7.48. The van der Waals surface area contributed by atoms with Crippen LogP contribution in [0.3, 0.4) is 0 Å². The van der Waals surface area contributed by atoms with E-state index in [0.29, 0.717) is 11.4 Å². The number of aromatic nitrogens is 1. The van der Waals surface area contributed by atoms with Crippen LogP contribution in [0.15, 0.2) is 12.1 Å². The summed E-state index contributed by atoms with van der Waals surface area (Å²) in [5.74, 6) is 0.584. The van der Waals surface area contributed by atoms with Crippen LogP contribution in [-0.4, -0.2) is 30.1 Å². The molecule has 2 atom stereocenters. The van der Waals surface area contributed by atoms with Gasteiger partial charge < -0.3 is 15.2 Å². The molecule has 5 heteroatoms. The van der Waals surface area contributed by atoms with Gasteiger partial charge in [0, 0.05) is 30.9 Å². The minimum Gasteiger partial charge on any atom is -0.474 e. The van der Waals surface area contributed by atoms with Gasteiger partial charge in [-0.3, -0.25) is 5.41 Å². The Labute approximate surface area is 113 Å². The van der Waals surface area contributed by atoms with E-state index in [4.69, 9.17) is 20.6 Å². The van der Waals surface area contributed by atoms with Crippen LogP contribution < -0.4 is 10.5 Å². The lowest BCUT2D eigenvalue weighted by atomic mass is 9.95. The molecule has 0 aliphatic heterocycles. The van der Waals surface area contributed by atoms with Crippen LogP contribution in [0.25, 0.3) is 0 Å². The smallest absolute Gasteiger partial charge is 0.214 e. The zero-order valence-electron chi connectivity index (χ0n) is 11.5. The molecule has 19 heavy (non-hydrogen) atoms. The van der Waals surface area contributed by atoms with Crippen LogP contribution in [0.5, 0.6) is 5.88 Å². The lowest BCUT2D eigenvalue weighted by molar-refractivity contribution is 0.0195. The molecule has 1 saturated carbocycles. The van der Waals surface area contributed by atoms with E-state index in [9.17, 15) is 0 Å². The average Bonchev–Trinajstić information content (AvgIpc) is 2.38. The molecule has 1 aliphatic rings. The Morgan fingerprint density at radius 1 is 1.37 bits per heavy atom. The first-order valence-electron chi connectivity index (χ1n) is 6.61. The van der Waals surface area contributed by atoms with Gasteiger partial charge in [0.05, 0.1) is 6.10 Å². The third-order valence-electron chi connectivity index (χ3n) is 3.44. The minimum atomic E-state index is 0.0359. The third kappa shape index (κ3) is 3.67. The fourth-order valence-electron chi connectivity index (χ4n) is 2.45. The van der Waals surface area contributed by atoms with Crippen molar-refractivity contribution in [3.63, 3.8) is 0 Å². The summed E-state index contributed by atoms with van der Waals surface area (Å²) in [4.78, 5) is 4.35. The van der Waals surface area contributed by atoms with Crippen molar-refractivity contribution in [1.29, 1.82) is 5.41 Å². The monoisotopic (exact) mass is 263 g/mol. The van der Waals surface area contributed by atoms with Gasteiger partial charge in [-0.2, -0.15) is 0 Å². The zero-order chi connectivity index (χ0) is 13.8. The van der Waals surface area contributed by atoms with E-state index in [2.05, 4.69) is 4.98 Å². The summed E-state index contributed by atoms with van der Waals surface area (Å²) in [6.45, 7) is 1.87. The number of methoxy groups -OCH3 is 1. The van der Waals surface area contributed by atoms with Crippen LogP contribution in [0.2, 0.25) is 0 Å². The van der Waals surface area contributed by atoms with Crippen molar-refractivity contribution in [1.82, 2.24) is 4.98 Å². The maximum atomic E-state index is 7.48. The molecular formula is C14H21N3O2. The van der Waals surface area contributed by atoms with E-state index in [-0.39, 0.29) is 18.0 Å². The van der Waals surface area contributed by atoms with Crippen LogP contribution >= 0.6 is 0 Å². The summed E-state index contributed by atoms with van der Waals surface area (Å²) in [5.41, 5.74) is 6.97. The Balaban J connectivity index is 2.08. The Kier molecular flexibility index (Phi) is 4.37. The number of rotatable bonds is 4. The topological polar surface area (TPSA) is 81.2 Å². The second-order valence-corrected chi connectivity index (χ2v) is 5.01. The Hall–Kier alpha value is -1.62. The van der Waals surface area contributed by atoms with Gasteiger partial charge in [-0.25, -0.2) is 4.98 Å². The highest BCUT2D eigenvalue weighted by molar-refractivity contribution is 5.95. The van der Waals surface area contributed by atoms with E-state index in [1.165, 1.54) is 0 Å². The largest absolute Gasteiger partial charge is 0.474 e. The summed E-state index contributed by atoms with van der Waals surface area (Å²) in [6, 6.07) is 3.51. The second-order valence-electron chi connectivity index (χ2n) is 5.01. The highest BCUT2D eigenvalue weighted by atomic mass is 16.5. The number of nitrogens with two attached hydrogens (primary N) is 1. The number of nitrogens with one attached hydrogen (secondary N) is 1. The van der Waals surface area contributed by atoms with E-state index >= 15 is 0 Å². The van der Waals surface area contributed by atoms with Crippen LogP contribution in [0.4, 0.5) is 0 Å². The number of aryl methyl sites for hydroxylation is 1. The molecule has 3 N–H and O–H groups in total. The molecule has 0 spiro atoms. The molecule has 0 saturated heterocycles. The first-order chi connectivity index (χ1) is 9.08. The molecule has 2 unspecified atom stereocenters. The first kappa shape index (κ1) is 13.8. The quantitative estimate of drug-likeness (QED) is 0.643. The number of nitrogens with zero attached hydrogens (tertiary/aromatic N) is 1. The van der Waals surface area contributed by atoms with E-state index < -0.39 is 0 Å². The van der Waals surface area contributed by atoms with Gasteiger partial charge in [-0.05, 0) is 32.3 Å². The number of amidine groups is 1. The molecule has 5 nitrogen and oxygen atoms in total. The van der Waals surface area contributed by atoms with Crippen LogP contribution in [-0.2, 0) is 4.74 Å². The molecule has 1 aromatic rings. The summed E-state index contributed by atoms with van der Waals surface area (Å²) in [7, 11) is 1.74. The Morgan fingerprint density at radius 3 is 2.79 bits per heavy atom. The van der Waals surface area contributed by atoms with E-state index in [1.54, 1.807) is 19.2 Å². The van der Waals surface area contributed by atoms with Crippen molar-refractivity contribution in [3.05, 3.63) is 23.4 Å². The van der Waals surface area contributed by atoms with Crippen LogP contribution in [0, 0.1) is 12.3 Å². The average molecular weight is 263 g/mol. The van der Waals surface area contributed by atoms with Gasteiger partial charge in [-0.1, -0.05) is 0 Å². The van der Waals surface area contributed by atoms with Gasteiger partial charge >= 0.3 is 0 Å². The summed E-state index contributed by atoms with van der Waals surface area (Å²) < 4.78 is 11.3. The lowest BCUT2D eigenvalue weighted by Crippen LogP contribution is -2.29.